The number of nitrogens with zero attached hydrogens (tertiary/aromatic N) is 2. The zero-order valence-electron chi connectivity index (χ0n) is 22.4. The quantitative estimate of drug-likeness (QED) is 0.447. The van der Waals surface area contributed by atoms with Crippen molar-refractivity contribution < 1.29 is 32.5 Å². The van der Waals surface area contributed by atoms with Crippen molar-refractivity contribution in [3.63, 3.8) is 0 Å². The third-order valence-electron chi connectivity index (χ3n) is 9.42. The minimum absolute atomic E-state index is 0.206. The maximum absolute atomic E-state index is 13.3. The minimum Gasteiger partial charge on any atom is -0.508 e. The van der Waals surface area contributed by atoms with Gasteiger partial charge in [0.2, 0.25) is 0 Å². The molecule has 40 heavy (non-hydrogen) atoms. The van der Waals surface area contributed by atoms with Crippen LogP contribution in [-0.4, -0.2) is 66.2 Å². The normalized spacial score (nSPS) is 28.0. The van der Waals surface area contributed by atoms with Gasteiger partial charge in [-0.1, -0.05) is 12.0 Å². The van der Waals surface area contributed by atoms with E-state index in [1.165, 1.54) is 12.1 Å². The average Bonchev–Trinajstić information content (AvgIpc) is 3.27. The van der Waals surface area contributed by atoms with Crippen molar-refractivity contribution in [1.29, 1.82) is 0 Å². The molecular weight excluding hydrogens is 521 g/mol. The van der Waals surface area contributed by atoms with Gasteiger partial charge in [-0.15, -0.1) is 6.58 Å². The van der Waals surface area contributed by atoms with E-state index < -0.39 is 17.6 Å². The fourth-order valence-electron chi connectivity index (χ4n) is 7.70. The molecule has 1 amide bonds. The topological polar surface area (TPSA) is 62.2 Å². The third kappa shape index (κ3) is 3.87. The van der Waals surface area contributed by atoms with Crippen molar-refractivity contribution in [3.05, 3.63) is 65.2 Å². The first-order valence-electron chi connectivity index (χ1n) is 13.5. The number of carbonyl (C=O) groups excluding carboxylic acids is 1. The van der Waals surface area contributed by atoms with Crippen molar-refractivity contribution >= 4 is 5.91 Å². The highest BCUT2D eigenvalue weighted by Gasteiger charge is 2.66. The standard InChI is InChI=1S/C31H31F3N2O4/c1-4-14-36-15-13-30-21-10-11-22(35(2)26(38)12-7-18-5-8-19(9-6-18)31(32,33)34)29(30)40-28-25(39-3)17-24(37)20(27(28)30)16-23(21)36/h4-6,8-9,17,21-23,29,37H,1,10-11,13-16H2,2-3H3/t21-,22-,23+,29-,30-/m0/s1. The molecule has 1 N–H and O–H groups in total. The Morgan fingerprint density at radius 1 is 1.32 bits per heavy atom. The molecule has 1 saturated heterocycles. The summed E-state index contributed by atoms with van der Waals surface area (Å²) in [5.74, 6) is 6.54. The molecule has 2 aliphatic heterocycles. The summed E-state index contributed by atoms with van der Waals surface area (Å²) in [6, 6.07) is 6.02. The number of likely N-dealkylation sites (tertiary alicyclic amines) is 1. The highest BCUT2D eigenvalue weighted by molar-refractivity contribution is 5.94. The van der Waals surface area contributed by atoms with Crippen LogP contribution in [0.5, 0.6) is 17.2 Å². The number of amides is 1. The summed E-state index contributed by atoms with van der Waals surface area (Å²) in [6.07, 6.45) is 0.273. The van der Waals surface area contributed by atoms with Gasteiger partial charge in [-0.3, -0.25) is 9.69 Å². The Morgan fingerprint density at radius 3 is 2.75 bits per heavy atom. The molecule has 0 radical (unpaired) electrons. The van der Waals surface area contributed by atoms with Gasteiger partial charge in [0.1, 0.15) is 11.9 Å². The zero-order valence-corrected chi connectivity index (χ0v) is 22.4. The Labute approximate surface area is 231 Å². The van der Waals surface area contributed by atoms with Gasteiger partial charge < -0.3 is 19.5 Å². The van der Waals surface area contributed by atoms with E-state index in [2.05, 4.69) is 23.3 Å². The number of methoxy groups -OCH3 is 1. The second-order valence-electron chi connectivity index (χ2n) is 11.2. The number of phenols is 1. The molecule has 2 fully saturated rings. The molecule has 2 aromatic carbocycles. The molecule has 1 saturated carbocycles. The molecule has 2 aliphatic carbocycles. The van der Waals surface area contributed by atoms with Gasteiger partial charge in [-0.25, -0.2) is 0 Å². The molecule has 4 aliphatic rings. The summed E-state index contributed by atoms with van der Waals surface area (Å²) in [5.41, 5.74) is 1.10. The number of likely N-dealkylation sites (N-methyl/N-ethyl adjacent to an activating group) is 1. The number of aromatic hydroxyl groups is 1. The van der Waals surface area contributed by atoms with Gasteiger partial charge in [0.15, 0.2) is 11.5 Å². The van der Waals surface area contributed by atoms with Crippen molar-refractivity contribution in [3.8, 4) is 29.1 Å². The van der Waals surface area contributed by atoms with Crippen LogP contribution in [0.1, 0.15) is 41.5 Å². The number of hydrogen-bond donors (Lipinski definition) is 1. The molecule has 210 valence electrons. The van der Waals surface area contributed by atoms with E-state index in [1.807, 2.05) is 6.08 Å². The van der Waals surface area contributed by atoms with Crippen LogP contribution in [0.25, 0.3) is 0 Å². The number of benzene rings is 2. The first-order chi connectivity index (χ1) is 19.1. The Morgan fingerprint density at radius 2 is 2.08 bits per heavy atom. The highest BCUT2D eigenvalue weighted by atomic mass is 19.4. The van der Waals surface area contributed by atoms with Crippen molar-refractivity contribution in [2.24, 2.45) is 5.92 Å². The summed E-state index contributed by atoms with van der Waals surface area (Å²) >= 11 is 0. The minimum atomic E-state index is -4.43. The van der Waals surface area contributed by atoms with Crippen molar-refractivity contribution in [1.82, 2.24) is 9.80 Å². The van der Waals surface area contributed by atoms with E-state index in [4.69, 9.17) is 9.47 Å². The predicted octanol–water partition coefficient (Wildman–Crippen LogP) is 4.52. The molecule has 1 spiro atoms. The van der Waals surface area contributed by atoms with E-state index in [-0.39, 0.29) is 35.3 Å². The fraction of sp³-hybridized carbons (Fsp3) is 0.452. The number of phenolic OH excluding ortho intramolecular Hbond substituents is 1. The van der Waals surface area contributed by atoms with Gasteiger partial charge in [0.25, 0.3) is 5.91 Å². The van der Waals surface area contributed by atoms with Crippen LogP contribution in [0.15, 0.2) is 43.0 Å². The first-order valence-corrected chi connectivity index (χ1v) is 13.5. The molecule has 6 rings (SSSR count). The third-order valence-corrected chi connectivity index (χ3v) is 9.42. The van der Waals surface area contributed by atoms with Crippen LogP contribution in [0.2, 0.25) is 0 Å². The van der Waals surface area contributed by atoms with E-state index in [9.17, 15) is 23.1 Å². The van der Waals surface area contributed by atoms with E-state index in [0.717, 1.165) is 55.6 Å². The molecule has 5 atom stereocenters. The molecule has 2 bridgehead atoms. The van der Waals surface area contributed by atoms with E-state index in [1.54, 1.807) is 25.1 Å². The Kier molecular flexibility index (Phi) is 6.30. The second-order valence-corrected chi connectivity index (χ2v) is 11.2. The number of carbonyl (C=O) groups is 1. The molecule has 0 aromatic heterocycles. The molecule has 6 nitrogen and oxygen atoms in total. The fourth-order valence-corrected chi connectivity index (χ4v) is 7.70. The summed E-state index contributed by atoms with van der Waals surface area (Å²) < 4.78 is 51.0. The van der Waals surface area contributed by atoms with E-state index in [0.29, 0.717) is 23.5 Å². The lowest BCUT2D eigenvalue weighted by molar-refractivity contribution is -0.137. The van der Waals surface area contributed by atoms with Crippen molar-refractivity contribution in [2.45, 2.75) is 55.5 Å². The lowest BCUT2D eigenvalue weighted by Gasteiger charge is -2.60. The number of hydrogen-bond acceptors (Lipinski definition) is 5. The lowest BCUT2D eigenvalue weighted by atomic mass is 9.51. The number of halogens is 3. The molecule has 0 unspecified atom stereocenters. The van der Waals surface area contributed by atoms with Crippen molar-refractivity contribution in [2.75, 3.05) is 27.2 Å². The van der Waals surface area contributed by atoms with Crippen LogP contribution in [0.3, 0.4) is 0 Å². The van der Waals surface area contributed by atoms with Gasteiger partial charge in [0, 0.05) is 53.7 Å². The number of alkyl halides is 3. The Balaban J connectivity index is 1.34. The van der Waals surface area contributed by atoms with Crippen LogP contribution in [-0.2, 0) is 22.8 Å². The maximum atomic E-state index is 13.3. The van der Waals surface area contributed by atoms with Crippen LogP contribution < -0.4 is 9.47 Å². The van der Waals surface area contributed by atoms with Gasteiger partial charge in [-0.2, -0.15) is 13.2 Å². The first kappa shape index (κ1) is 26.6. The van der Waals surface area contributed by atoms with Gasteiger partial charge in [-0.05, 0) is 62.4 Å². The van der Waals surface area contributed by atoms with Gasteiger partial charge >= 0.3 is 6.18 Å². The summed E-state index contributed by atoms with van der Waals surface area (Å²) in [5, 5.41) is 11.1. The number of piperidine rings is 1. The molecule has 2 heterocycles. The van der Waals surface area contributed by atoms with Gasteiger partial charge in [0.05, 0.1) is 18.7 Å². The second kappa shape index (κ2) is 9.48. The molecule has 9 heteroatoms. The monoisotopic (exact) mass is 552 g/mol. The maximum Gasteiger partial charge on any atom is 0.416 e. The molecular formula is C31H31F3N2O4. The van der Waals surface area contributed by atoms with Crippen LogP contribution in [0.4, 0.5) is 13.2 Å². The Hall–Kier alpha value is -3.64. The highest BCUT2D eigenvalue weighted by Crippen LogP contribution is 2.65. The zero-order chi connectivity index (χ0) is 28.4. The lowest BCUT2D eigenvalue weighted by Crippen LogP contribution is -2.68. The average molecular weight is 553 g/mol. The molecule has 2 aromatic rings. The van der Waals surface area contributed by atoms with Crippen LogP contribution in [0, 0.1) is 17.8 Å². The summed E-state index contributed by atoms with van der Waals surface area (Å²) in [7, 11) is 3.26. The summed E-state index contributed by atoms with van der Waals surface area (Å²) in [4.78, 5) is 17.3. The predicted molar refractivity (Wildman–Crippen MR) is 142 cm³/mol. The van der Waals surface area contributed by atoms with Crippen LogP contribution >= 0.6 is 0 Å². The summed E-state index contributed by atoms with van der Waals surface area (Å²) in [6.45, 7) is 5.56. The largest absolute Gasteiger partial charge is 0.508 e. The SMILES string of the molecule is C=CCN1CC[C@]23c4c5c(O)cc(OC)c4O[C@H]2[C@@H](N(C)C(=O)C#Cc2ccc(C(F)(F)F)cc2)CC[C@H]3[C@H]1C5. The number of rotatable bonds is 4. The number of ether oxygens (including phenoxy) is 2. The van der Waals surface area contributed by atoms with E-state index >= 15 is 0 Å². The Bertz CT molecular complexity index is 1430. The smallest absolute Gasteiger partial charge is 0.416 e.